The van der Waals surface area contributed by atoms with Crippen molar-refractivity contribution in [2.24, 2.45) is 5.73 Å². The molecule has 0 aromatic heterocycles. The average Bonchev–Trinajstić information content (AvgIpc) is 2.73. The molecule has 0 amide bonds. The van der Waals surface area contributed by atoms with Crippen LogP contribution in [0.15, 0.2) is 48.5 Å². The van der Waals surface area contributed by atoms with Crippen molar-refractivity contribution < 1.29 is 41.9 Å². The number of phosphoric acid groups is 1. The molecule has 2 aromatic rings. The molecule has 1 atom stereocenters. The van der Waals surface area contributed by atoms with Crippen LogP contribution < -0.4 is 10.5 Å². The molecule has 0 radical (unpaired) electrons. The molecule has 7 nitrogen and oxygen atoms in total. The van der Waals surface area contributed by atoms with Gasteiger partial charge < -0.3 is 25.4 Å². The smallest absolute Gasteiger partial charge is 0.469 e. The lowest BCUT2D eigenvalue weighted by molar-refractivity contribution is -0.138. The molecule has 2 aromatic carbocycles. The highest BCUT2D eigenvalue weighted by molar-refractivity contribution is 7.46. The molecule has 0 aliphatic carbocycles. The quantitative estimate of drug-likeness (QED) is 0.335. The Hall–Kier alpha value is -1.91. The third-order valence-corrected chi connectivity index (χ3v) is 5.29. The Balaban J connectivity index is 2.08. The molecule has 1 unspecified atom stereocenters. The number of aliphatic hydroxyl groups excluding tert-OH is 1. The van der Waals surface area contributed by atoms with E-state index >= 15 is 0 Å². The predicted molar refractivity (Wildman–Crippen MR) is 118 cm³/mol. The van der Waals surface area contributed by atoms with Gasteiger partial charge in [0, 0.05) is 5.02 Å². The lowest BCUT2D eigenvalue weighted by Crippen LogP contribution is -2.48. The van der Waals surface area contributed by atoms with Crippen LogP contribution in [0.3, 0.4) is 0 Å². The van der Waals surface area contributed by atoms with Gasteiger partial charge in [0.1, 0.15) is 12.4 Å². The number of alkyl halides is 3. The Morgan fingerprint density at radius 1 is 1.15 bits per heavy atom. The average molecular weight is 510 g/mol. The van der Waals surface area contributed by atoms with Gasteiger partial charge in [-0.15, -0.1) is 0 Å². The number of hydrogen-bond donors (Lipinski definition) is 4. The third kappa shape index (κ3) is 9.46. The molecule has 33 heavy (non-hydrogen) atoms. The molecule has 182 valence electrons. The van der Waals surface area contributed by atoms with Crippen molar-refractivity contribution in [3.05, 3.63) is 70.3 Å². The van der Waals surface area contributed by atoms with Crippen LogP contribution >= 0.6 is 19.4 Å². The minimum absolute atomic E-state index is 0.000389. The Morgan fingerprint density at radius 3 is 2.48 bits per heavy atom. The predicted octanol–water partition coefficient (Wildman–Crippen LogP) is 4.18. The molecule has 2 rings (SSSR count). The highest BCUT2D eigenvalue weighted by Crippen LogP contribution is 2.38. The first-order chi connectivity index (χ1) is 15.3. The molecular weight excluding hydrogens is 486 g/mol. The Bertz CT molecular complexity index is 1010. The number of rotatable bonds is 11. The fraction of sp³-hybridized carbons (Fsp3) is 0.333. The molecule has 12 heteroatoms. The first-order valence-electron chi connectivity index (χ1n) is 9.66. The molecule has 0 spiro atoms. The summed E-state index contributed by atoms with van der Waals surface area (Å²) in [5, 5.41) is 9.97. The number of aliphatic hydroxyl groups is 1. The van der Waals surface area contributed by atoms with E-state index in [4.69, 9.17) is 31.9 Å². The zero-order chi connectivity index (χ0) is 24.7. The minimum atomic E-state index is -4.81. The summed E-state index contributed by atoms with van der Waals surface area (Å²) in [5.41, 5.74) is 4.37. The van der Waals surface area contributed by atoms with E-state index in [9.17, 15) is 22.8 Å². The number of aryl methyl sites for hydroxylation is 1. The normalized spacial score (nSPS) is 14.4. The van der Waals surface area contributed by atoms with E-state index in [1.807, 2.05) is 0 Å². The fourth-order valence-electron chi connectivity index (χ4n) is 2.82. The summed E-state index contributed by atoms with van der Waals surface area (Å²) in [7, 11) is -4.81. The maximum Gasteiger partial charge on any atom is 0.469 e. The summed E-state index contributed by atoms with van der Waals surface area (Å²) < 4.78 is 61.1. The second-order valence-electron chi connectivity index (χ2n) is 7.38. The van der Waals surface area contributed by atoms with Gasteiger partial charge in [-0.05, 0) is 54.3 Å². The van der Waals surface area contributed by atoms with Crippen molar-refractivity contribution in [3.63, 3.8) is 0 Å². The van der Waals surface area contributed by atoms with E-state index in [0.29, 0.717) is 5.02 Å². The van der Waals surface area contributed by atoms with Crippen molar-refractivity contribution in [1.82, 2.24) is 0 Å². The van der Waals surface area contributed by atoms with Gasteiger partial charge in [-0.25, -0.2) is 4.57 Å². The molecule has 0 saturated heterocycles. The molecule has 5 N–H and O–H groups in total. The highest BCUT2D eigenvalue weighted by atomic mass is 35.5. The number of hydrogen-bond acceptors (Lipinski definition) is 5. The SMILES string of the molecule is NC(CO)(CCc1ccc(OC/C=C/c2cccc(Cl)c2)c(C(F)(F)F)c1)COP(=O)(O)O. The van der Waals surface area contributed by atoms with Gasteiger partial charge in [-0.1, -0.05) is 35.9 Å². The third-order valence-electron chi connectivity index (χ3n) is 4.59. The van der Waals surface area contributed by atoms with E-state index in [0.717, 1.165) is 11.6 Å². The van der Waals surface area contributed by atoms with Crippen LogP contribution in [-0.4, -0.2) is 40.3 Å². The van der Waals surface area contributed by atoms with Crippen molar-refractivity contribution in [2.75, 3.05) is 19.8 Å². The van der Waals surface area contributed by atoms with Gasteiger partial charge in [0.2, 0.25) is 0 Å². The highest BCUT2D eigenvalue weighted by Gasteiger charge is 2.35. The van der Waals surface area contributed by atoms with Gasteiger partial charge in [-0.3, -0.25) is 4.52 Å². The van der Waals surface area contributed by atoms with Gasteiger partial charge in [0.25, 0.3) is 0 Å². The summed E-state index contributed by atoms with van der Waals surface area (Å²) in [4.78, 5) is 17.6. The standard InChI is InChI=1S/C21H24ClF3NO6P/c22-17-5-1-3-15(11-17)4-2-10-31-19-7-6-16(12-18(19)21(23,24)25)8-9-20(26,13-27)14-32-33(28,29)30/h1-7,11-12,27H,8-10,13-14,26H2,(H2,28,29,30)/b4-2+. The summed E-state index contributed by atoms with van der Waals surface area (Å²) in [6.07, 6.45) is -1.53. The van der Waals surface area contributed by atoms with E-state index in [-0.39, 0.29) is 30.8 Å². The molecule has 0 saturated carbocycles. The van der Waals surface area contributed by atoms with Crippen molar-refractivity contribution in [3.8, 4) is 5.75 Å². The van der Waals surface area contributed by atoms with E-state index in [1.54, 1.807) is 36.4 Å². The maximum atomic E-state index is 13.6. The van der Waals surface area contributed by atoms with Crippen molar-refractivity contribution in [1.29, 1.82) is 0 Å². The zero-order valence-electron chi connectivity index (χ0n) is 17.3. The largest absolute Gasteiger partial charge is 0.489 e. The summed E-state index contributed by atoms with van der Waals surface area (Å²) in [5.74, 6) is -0.354. The first-order valence-corrected chi connectivity index (χ1v) is 11.6. The fourth-order valence-corrected chi connectivity index (χ4v) is 3.44. The number of benzene rings is 2. The van der Waals surface area contributed by atoms with E-state index in [2.05, 4.69) is 4.52 Å². The monoisotopic (exact) mass is 509 g/mol. The summed E-state index contributed by atoms with van der Waals surface area (Å²) in [6, 6.07) is 10.5. The summed E-state index contributed by atoms with van der Waals surface area (Å²) in [6.45, 7) is -1.45. The van der Waals surface area contributed by atoms with Gasteiger partial charge in [-0.2, -0.15) is 13.2 Å². The van der Waals surface area contributed by atoms with Gasteiger partial charge >= 0.3 is 14.0 Å². The number of phosphoric ester groups is 1. The lowest BCUT2D eigenvalue weighted by atomic mass is 9.93. The number of nitrogens with two attached hydrogens (primary N) is 1. The van der Waals surface area contributed by atoms with Crippen LogP contribution in [0.25, 0.3) is 6.08 Å². The number of ether oxygens (including phenoxy) is 1. The maximum absolute atomic E-state index is 13.6. The first kappa shape index (κ1) is 27.3. The summed E-state index contributed by atoms with van der Waals surface area (Å²) >= 11 is 5.89. The van der Waals surface area contributed by atoms with E-state index < -0.39 is 38.3 Å². The lowest BCUT2D eigenvalue weighted by Gasteiger charge is -2.27. The van der Waals surface area contributed by atoms with Crippen LogP contribution in [0, 0.1) is 0 Å². The second-order valence-corrected chi connectivity index (χ2v) is 9.06. The molecule has 0 fully saturated rings. The van der Waals surface area contributed by atoms with E-state index in [1.165, 1.54) is 12.1 Å². The molecule has 0 heterocycles. The Labute approximate surface area is 193 Å². The Morgan fingerprint density at radius 2 is 1.88 bits per heavy atom. The topological polar surface area (TPSA) is 122 Å². The minimum Gasteiger partial charge on any atom is -0.489 e. The van der Waals surface area contributed by atoms with Crippen molar-refractivity contribution >= 4 is 25.5 Å². The molecule has 0 aliphatic heterocycles. The van der Waals surface area contributed by atoms with Crippen LogP contribution in [0.2, 0.25) is 5.02 Å². The molecular formula is C21H24ClF3NO6P. The second kappa shape index (κ2) is 11.5. The Kier molecular flexibility index (Phi) is 9.51. The van der Waals surface area contributed by atoms with Gasteiger partial charge in [0.15, 0.2) is 0 Å². The van der Waals surface area contributed by atoms with Crippen LogP contribution in [0.4, 0.5) is 13.2 Å². The van der Waals surface area contributed by atoms with Gasteiger partial charge in [0.05, 0.1) is 24.3 Å². The number of halogens is 4. The van der Waals surface area contributed by atoms with Crippen LogP contribution in [-0.2, 0) is 21.7 Å². The molecule has 0 aliphatic rings. The zero-order valence-corrected chi connectivity index (χ0v) is 19.0. The van der Waals surface area contributed by atoms with Crippen LogP contribution in [0.1, 0.15) is 23.1 Å². The van der Waals surface area contributed by atoms with Crippen molar-refractivity contribution in [2.45, 2.75) is 24.6 Å². The molecule has 0 bridgehead atoms. The van der Waals surface area contributed by atoms with Crippen LogP contribution in [0.5, 0.6) is 5.75 Å².